The fourth-order valence-electron chi connectivity index (χ4n) is 2.22. The van der Waals surface area contributed by atoms with Crippen molar-refractivity contribution < 1.29 is 12.8 Å². The third-order valence-corrected chi connectivity index (χ3v) is 7.32. The molecule has 2 aromatic heterocycles. The number of halogens is 1. The first kappa shape index (κ1) is 15.3. The van der Waals surface area contributed by atoms with E-state index in [0.717, 1.165) is 15.0 Å². The van der Waals surface area contributed by atoms with E-state index >= 15 is 0 Å². The van der Waals surface area contributed by atoms with Gasteiger partial charge < -0.3 is 4.42 Å². The maximum Gasteiger partial charge on any atom is 0.276 e. The van der Waals surface area contributed by atoms with Gasteiger partial charge in [0.1, 0.15) is 0 Å². The molecule has 1 saturated heterocycles. The van der Waals surface area contributed by atoms with Crippen LogP contribution in [0.25, 0.3) is 0 Å². The smallest absolute Gasteiger partial charge is 0.276 e. The number of rotatable bonds is 5. The predicted octanol–water partition coefficient (Wildman–Crippen LogP) is 3.05. The molecule has 1 aliphatic rings. The van der Waals surface area contributed by atoms with Crippen molar-refractivity contribution >= 4 is 44.5 Å². The Morgan fingerprint density at radius 1 is 1.43 bits per heavy atom. The van der Waals surface area contributed by atoms with Crippen LogP contribution in [0.15, 0.2) is 21.8 Å². The number of nitrogens with zero attached hydrogens (tertiary/aromatic N) is 2. The molecule has 21 heavy (non-hydrogen) atoms. The molecule has 0 spiro atoms. The van der Waals surface area contributed by atoms with Crippen LogP contribution in [-0.2, 0) is 22.0 Å². The summed E-state index contributed by atoms with van der Waals surface area (Å²) in [7, 11) is -2.86. The Morgan fingerprint density at radius 3 is 2.95 bits per heavy atom. The molecule has 0 amide bonds. The Hall–Kier alpha value is -0.570. The fourth-order valence-corrected chi connectivity index (χ4v) is 5.99. The molecule has 2 aromatic rings. The van der Waals surface area contributed by atoms with Gasteiger partial charge in [0, 0.05) is 17.1 Å². The zero-order chi connectivity index (χ0) is 14.9. The van der Waals surface area contributed by atoms with E-state index in [0.29, 0.717) is 24.0 Å². The van der Waals surface area contributed by atoms with Crippen LogP contribution in [0.5, 0.6) is 0 Å². The summed E-state index contributed by atoms with van der Waals surface area (Å²) in [6.07, 6.45) is 1.22. The molecule has 1 fully saturated rings. The van der Waals surface area contributed by atoms with Crippen LogP contribution >= 0.6 is 34.7 Å². The van der Waals surface area contributed by atoms with Gasteiger partial charge in [-0.1, -0.05) is 23.4 Å². The molecule has 0 saturated carbocycles. The molecule has 1 atom stereocenters. The van der Waals surface area contributed by atoms with Gasteiger partial charge in [-0.2, -0.15) is 0 Å². The zero-order valence-corrected chi connectivity index (χ0v) is 14.2. The normalized spacial score (nSPS) is 20.9. The molecule has 9 heteroatoms. The van der Waals surface area contributed by atoms with Crippen molar-refractivity contribution in [3.8, 4) is 0 Å². The van der Waals surface area contributed by atoms with Crippen molar-refractivity contribution in [1.29, 1.82) is 0 Å². The summed E-state index contributed by atoms with van der Waals surface area (Å²) >= 11 is 8.86. The lowest BCUT2D eigenvalue weighted by molar-refractivity contribution is 0.389. The number of hydrogen-bond donors (Lipinski definition) is 0. The second-order valence-electron chi connectivity index (χ2n) is 4.93. The van der Waals surface area contributed by atoms with E-state index in [-0.39, 0.29) is 17.4 Å². The molecule has 0 bridgehead atoms. The minimum atomic E-state index is -2.86. The van der Waals surface area contributed by atoms with Crippen LogP contribution in [0.2, 0.25) is 4.34 Å². The largest absolute Gasteiger partial charge is 0.416 e. The number of aromatic nitrogens is 2. The van der Waals surface area contributed by atoms with Crippen LogP contribution in [0.3, 0.4) is 0 Å². The minimum absolute atomic E-state index is 0.101. The van der Waals surface area contributed by atoms with Gasteiger partial charge in [0.2, 0.25) is 5.89 Å². The topological polar surface area (TPSA) is 73.1 Å². The van der Waals surface area contributed by atoms with E-state index in [2.05, 4.69) is 10.2 Å². The first-order chi connectivity index (χ1) is 10.00. The lowest BCUT2D eigenvalue weighted by atomic mass is 10.1. The summed E-state index contributed by atoms with van der Waals surface area (Å²) in [6, 6.07) is 3.84. The van der Waals surface area contributed by atoms with Gasteiger partial charge in [0.05, 0.1) is 15.8 Å². The third-order valence-electron chi connectivity index (χ3n) is 3.21. The Labute approximate surface area is 136 Å². The highest BCUT2D eigenvalue weighted by Crippen LogP contribution is 2.29. The van der Waals surface area contributed by atoms with Crippen molar-refractivity contribution in [2.24, 2.45) is 5.92 Å². The van der Waals surface area contributed by atoms with Gasteiger partial charge in [-0.3, -0.25) is 0 Å². The second-order valence-corrected chi connectivity index (χ2v) is 9.88. The summed E-state index contributed by atoms with van der Waals surface area (Å²) in [5, 5.41) is 8.48. The molecule has 5 nitrogen and oxygen atoms in total. The maximum absolute atomic E-state index is 11.4. The SMILES string of the molecule is O=S1(=O)CCC(Cc2nnc(SCc3ccc(Cl)s3)o2)C1. The van der Waals surface area contributed by atoms with Crippen molar-refractivity contribution in [2.75, 3.05) is 11.5 Å². The molecular formula is C12H13ClN2O3S3. The van der Waals surface area contributed by atoms with Crippen molar-refractivity contribution in [3.63, 3.8) is 0 Å². The molecule has 1 unspecified atom stereocenters. The lowest BCUT2D eigenvalue weighted by Gasteiger charge is -2.01. The first-order valence-electron chi connectivity index (χ1n) is 6.40. The molecule has 114 valence electrons. The zero-order valence-electron chi connectivity index (χ0n) is 11.0. The van der Waals surface area contributed by atoms with Crippen LogP contribution in [0.1, 0.15) is 17.2 Å². The molecular weight excluding hydrogens is 352 g/mol. The van der Waals surface area contributed by atoms with Gasteiger partial charge in [-0.05, 0) is 24.5 Å². The molecule has 0 N–H and O–H groups in total. The van der Waals surface area contributed by atoms with Crippen LogP contribution in [0, 0.1) is 5.92 Å². The Morgan fingerprint density at radius 2 is 2.29 bits per heavy atom. The third kappa shape index (κ3) is 4.21. The lowest BCUT2D eigenvalue weighted by Crippen LogP contribution is -2.07. The van der Waals surface area contributed by atoms with Gasteiger partial charge in [0.25, 0.3) is 5.22 Å². The Balaban J connectivity index is 1.54. The van der Waals surface area contributed by atoms with Gasteiger partial charge in [0.15, 0.2) is 9.84 Å². The molecule has 3 rings (SSSR count). The van der Waals surface area contributed by atoms with E-state index in [9.17, 15) is 8.42 Å². The van der Waals surface area contributed by atoms with Crippen LogP contribution < -0.4 is 0 Å². The second kappa shape index (κ2) is 6.28. The van der Waals surface area contributed by atoms with Crippen molar-refractivity contribution in [3.05, 3.63) is 27.2 Å². The van der Waals surface area contributed by atoms with E-state index in [4.69, 9.17) is 16.0 Å². The summed E-state index contributed by atoms with van der Waals surface area (Å²) in [5.74, 6) is 1.85. The van der Waals surface area contributed by atoms with Crippen LogP contribution in [0.4, 0.5) is 0 Å². The van der Waals surface area contributed by atoms with Crippen LogP contribution in [-0.4, -0.2) is 30.1 Å². The standard InChI is InChI=1S/C12H13ClN2O3S3/c13-10-2-1-9(20-10)6-19-12-15-14-11(18-12)5-8-3-4-21(16,17)7-8/h1-2,8H,3-7H2. The predicted molar refractivity (Wildman–Crippen MR) is 83.7 cm³/mol. The summed E-state index contributed by atoms with van der Waals surface area (Å²) in [6.45, 7) is 0. The monoisotopic (exact) mass is 364 g/mol. The number of sulfone groups is 1. The highest BCUT2D eigenvalue weighted by molar-refractivity contribution is 7.98. The van der Waals surface area contributed by atoms with E-state index in [1.54, 1.807) is 0 Å². The Kier molecular flexibility index (Phi) is 4.58. The van der Waals surface area contributed by atoms with Crippen molar-refractivity contribution in [1.82, 2.24) is 10.2 Å². The fraction of sp³-hybridized carbons (Fsp3) is 0.500. The van der Waals surface area contributed by atoms with E-state index < -0.39 is 9.84 Å². The minimum Gasteiger partial charge on any atom is -0.416 e. The molecule has 0 aromatic carbocycles. The number of thiophene rings is 1. The van der Waals surface area contributed by atoms with E-state index in [1.807, 2.05) is 12.1 Å². The van der Waals surface area contributed by atoms with Gasteiger partial charge in [-0.25, -0.2) is 8.42 Å². The average molecular weight is 365 g/mol. The molecule has 0 aliphatic carbocycles. The molecule has 3 heterocycles. The quantitative estimate of drug-likeness (QED) is 0.759. The van der Waals surface area contributed by atoms with Crippen molar-refractivity contribution in [2.45, 2.75) is 23.8 Å². The summed E-state index contributed by atoms with van der Waals surface area (Å²) in [4.78, 5) is 1.15. The maximum atomic E-state index is 11.4. The highest BCUT2D eigenvalue weighted by Gasteiger charge is 2.29. The average Bonchev–Trinajstić information content (AvgIpc) is 3.09. The van der Waals surface area contributed by atoms with Gasteiger partial charge in [-0.15, -0.1) is 21.5 Å². The van der Waals surface area contributed by atoms with E-state index in [1.165, 1.54) is 23.1 Å². The summed E-state index contributed by atoms with van der Waals surface area (Å²) < 4.78 is 29.2. The highest BCUT2D eigenvalue weighted by atomic mass is 35.5. The molecule has 1 aliphatic heterocycles. The number of hydrogen-bond acceptors (Lipinski definition) is 7. The first-order valence-corrected chi connectivity index (χ1v) is 10.4. The van der Waals surface area contributed by atoms with Gasteiger partial charge >= 0.3 is 0 Å². The molecule has 0 radical (unpaired) electrons. The number of thioether (sulfide) groups is 1. The Bertz CT molecular complexity index is 726. The summed E-state index contributed by atoms with van der Waals surface area (Å²) in [5.41, 5.74) is 0.